The Morgan fingerprint density at radius 1 is 1.22 bits per heavy atom. The number of likely N-dealkylation sites (tertiary alicyclic amines) is 1. The minimum atomic E-state index is 0. The molecule has 5 unspecified atom stereocenters. The minimum absolute atomic E-state index is 0. The maximum Gasteiger partial charge on any atom is 0.226 e. The molecule has 1 aromatic carbocycles. The molecule has 5 atom stereocenters. The van der Waals surface area contributed by atoms with Gasteiger partial charge in [-0.3, -0.25) is 4.79 Å². The van der Waals surface area contributed by atoms with Gasteiger partial charge in [-0.25, -0.2) is 0 Å². The number of nitrogens with zero attached hydrogens (tertiary/aromatic N) is 1. The summed E-state index contributed by atoms with van der Waals surface area (Å²) in [5.74, 6) is 1.77. The van der Waals surface area contributed by atoms with Crippen molar-refractivity contribution in [2.24, 2.45) is 23.5 Å². The summed E-state index contributed by atoms with van der Waals surface area (Å²) < 4.78 is 0. The zero-order valence-corrected chi connectivity index (χ0v) is 15.1. The lowest BCUT2D eigenvalue weighted by Gasteiger charge is -2.19. The van der Waals surface area contributed by atoms with Gasteiger partial charge >= 0.3 is 0 Å². The number of hydrogen-bond acceptors (Lipinski definition) is 2. The number of benzene rings is 1. The van der Waals surface area contributed by atoms with E-state index >= 15 is 0 Å². The van der Waals surface area contributed by atoms with E-state index in [-0.39, 0.29) is 36.2 Å². The average molecular weight is 376 g/mol. The molecule has 0 spiro atoms. The molecule has 3 aliphatic rings. The lowest BCUT2D eigenvalue weighted by molar-refractivity contribution is -0.131. The van der Waals surface area contributed by atoms with Gasteiger partial charge < -0.3 is 10.6 Å². The molecule has 1 heterocycles. The molecule has 4 rings (SSSR count). The summed E-state index contributed by atoms with van der Waals surface area (Å²) in [7, 11) is 0. The van der Waals surface area contributed by atoms with Gasteiger partial charge in [0.05, 0.1) is 0 Å². The van der Waals surface area contributed by atoms with Crippen LogP contribution in [0.3, 0.4) is 0 Å². The van der Waals surface area contributed by atoms with Crippen molar-refractivity contribution in [3.05, 3.63) is 33.8 Å². The van der Waals surface area contributed by atoms with Crippen LogP contribution in [0.25, 0.3) is 0 Å². The molecule has 1 aliphatic heterocycles. The number of nitrogens with two attached hydrogens (primary N) is 1. The highest BCUT2D eigenvalue weighted by atomic mass is 35.5. The van der Waals surface area contributed by atoms with Crippen molar-refractivity contribution in [2.75, 3.05) is 13.1 Å². The molecule has 23 heavy (non-hydrogen) atoms. The molecule has 0 bridgehead atoms. The molecule has 2 aliphatic carbocycles. The van der Waals surface area contributed by atoms with Crippen LogP contribution < -0.4 is 5.73 Å². The van der Waals surface area contributed by atoms with E-state index in [0.29, 0.717) is 21.9 Å². The molecule has 0 radical (unpaired) electrons. The first-order valence-corrected chi connectivity index (χ1v) is 8.79. The van der Waals surface area contributed by atoms with Crippen LogP contribution in [0.15, 0.2) is 18.2 Å². The quantitative estimate of drug-likeness (QED) is 0.856. The summed E-state index contributed by atoms with van der Waals surface area (Å²) in [6.07, 6.45) is 3.19. The van der Waals surface area contributed by atoms with Crippen molar-refractivity contribution in [3.63, 3.8) is 0 Å². The van der Waals surface area contributed by atoms with Gasteiger partial charge in [0.25, 0.3) is 0 Å². The second-order valence-corrected chi connectivity index (χ2v) is 7.87. The highest BCUT2D eigenvalue weighted by Gasteiger charge is 2.50. The van der Waals surface area contributed by atoms with Crippen molar-refractivity contribution in [2.45, 2.75) is 31.2 Å². The topological polar surface area (TPSA) is 46.3 Å². The van der Waals surface area contributed by atoms with E-state index < -0.39 is 0 Å². The molecule has 3 fully saturated rings. The maximum absolute atomic E-state index is 12.7. The fraction of sp³-hybridized carbons (Fsp3) is 0.588. The van der Waals surface area contributed by atoms with E-state index in [0.717, 1.165) is 31.5 Å². The first-order chi connectivity index (χ1) is 10.5. The van der Waals surface area contributed by atoms with Gasteiger partial charge in [0.1, 0.15) is 0 Å². The number of fused-ring (bicyclic) bond motifs is 1. The van der Waals surface area contributed by atoms with Crippen molar-refractivity contribution in [1.82, 2.24) is 4.90 Å². The smallest absolute Gasteiger partial charge is 0.226 e. The monoisotopic (exact) mass is 374 g/mol. The Bertz CT molecular complexity index is 624. The lowest BCUT2D eigenvalue weighted by atomic mass is 9.98. The predicted molar refractivity (Wildman–Crippen MR) is 95.3 cm³/mol. The molecule has 6 heteroatoms. The second-order valence-electron chi connectivity index (χ2n) is 7.02. The fourth-order valence-electron chi connectivity index (χ4n) is 4.34. The second kappa shape index (κ2) is 6.44. The summed E-state index contributed by atoms with van der Waals surface area (Å²) in [5, 5.41) is 1.31. The largest absolute Gasteiger partial charge is 0.342 e. The third-order valence-corrected chi connectivity index (χ3v) is 6.26. The summed E-state index contributed by atoms with van der Waals surface area (Å²) in [5.41, 5.74) is 7.21. The normalized spacial score (nSPS) is 34.9. The number of hydrogen-bond donors (Lipinski definition) is 1. The number of halogens is 3. The Morgan fingerprint density at radius 2 is 2.00 bits per heavy atom. The number of carbonyl (C=O) groups excluding carboxylic acids is 1. The Balaban J connectivity index is 0.00000156. The summed E-state index contributed by atoms with van der Waals surface area (Å²) in [4.78, 5) is 14.8. The summed E-state index contributed by atoms with van der Waals surface area (Å²) in [6.45, 7) is 1.75. The molecule has 0 aromatic heterocycles. The van der Waals surface area contributed by atoms with E-state index in [1.54, 1.807) is 6.07 Å². The van der Waals surface area contributed by atoms with E-state index in [4.69, 9.17) is 28.9 Å². The Morgan fingerprint density at radius 3 is 2.70 bits per heavy atom. The number of rotatable bonds is 2. The molecule has 126 valence electrons. The van der Waals surface area contributed by atoms with Crippen LogP contribution in [0.2, 0.25) is 10.0 Å². The SMILES string of the molecule is Cl.NC1CCC2CN(C(=O)C3CC3c3ccc(Cl)cc3Cl)CC12. The Labute approximate surface area is 152 Å². The molecule has 1 saturated heterocycles. The first kappa shape index (κ1) is 17.3. The van der Waals surface area contributed by atoms with E-state index in [2.05, 4.69) is 0 Å². The standard InChI is InChI=1S/C17H20Cl2N2O.ClH/c18-10-2-3-11(15(19)5-10)12-6-13(12)17(22)21-7-9-1-4-16(20)14(9)8-21;/h2-3,5,9,12-14,16H,1,4,6-8,20H2;1H. The van der Waals surface area contributed by atoms with Gasteiger partial charge in [0.15, 0.2) is 0 Å². The van der Waals surface area contributed by atoms with Crippen LogP contribution in [0.4, 0.5) is 0 Å². The van der Waals surface area contributed by atoms with Gasteiger partial charge in [0, 0.05) is 35.1 Å². The molecule has 2 saturated carbocycles. The van der Waals surface area contributed by atoms with Crippen LogP contribution in [0.1, 0.15) is 30.7 Å². The zero-order chi connectivity index (χ0) is 15.4. The van der Waals surface area contributed by atoms with E-state index in [1.165, 1.54) is 6.42 Å². The van der Waals surface area contributed by atoms with Crippen molar-refractivity contribution in [1.29, 1.82) is 0 Å². The predicted octanol–water partition coefficient (Wildman–Crippen LogP) is 3.71. The minimum Gasteiger partial charge on any atom is -0.342 e. The fourth-order valence-corrected chi connectivity index (χ4v) is 4.88. The van der Waals surface area contributed by atoms with Crippen molar-refractivity contribution < 1.29 is 4.79 Å². The van der Waals surface area contributed by atoms with Crippen molar-refractivity contribution >= 4 is 41.5 Å². The van der Waals surface area contributed by atoms with Gasteiger partial charge in [0.2, 0.25) is 5.91 Å². The third-order valence-electron chi connectivity index (χ3n) is 5.69. The molecule has 2 N–H and O–H groups in total. The lowest BCUT2D eigenvalue weighted by Crippen LogP contribution is -2.34. The van der Waals surface area contributed by atoms with Crippen LogP contribution in [0, 0.1) is 17.8 Å². The summed E-state index contributed by atoms with van der Waals surface area (Å²) in [6, 6.07) is 5.85. The van der Waals surface area contributed by atoms with E-state index in [9.17, 15) is 4.79 Å². The average Bonchev–Trinajstić information content (AvgIpc) is 3.01. The highest BCUT2D eigenvalue weighted by Crippen LogP contribution is 2.51. The third kappa shape index (κ3) is 3.09. The van der Waals surface area contributed by atoms with Gasteiger partial charge in [-0.05, 0) is 54.7 Å². The number of carbonyl (C=O) groups is 1. The first-order valence-electron chi connectivity index (χ1n) is 8.04. The summed E-state index contributed by atoms with van der Waals surface area (Å²) >= 11 is 12.2. The van der Waals surface area contributed by atoms with Crippen molar-refractivity contribution in [3.8, 4) is 0 Å². The van der Waals surface area contributed by atoms with E-state index in [1.807, 2.05) is 17.0 Å². The maximum atomic E-state index is 12.7. The van der Waals surface area contributed by atoms with Gasteiger partial charge in [-0.1, -0.05) is 29.3 Å². The molecule has 1 amide bonds. The van der Waals surface area contributed by atoms with Gasteiger partial charge in [-0.2, -0.15) is 0 Å². The van der Waals surface area contributed by atoms with Crippen LogP contribution in [-0.2, 0) is 4.79 Å². The molecule has 1 aromatic rings. The molecular formula is C17H21Cl3N2O. The molecule has 3 nitrogen and oxygen atoms in total. The highest BCUT2D eigenvalue weighted by molar-refractivity contribution is 6.35. The van der Waals surface area contributed by atoms with Crippen LogP contribution >= 0.6 is 35.6 Å². The Kier molecular flexibility index (Phi) is 4.85. The van der Waals surface area contributed by atoms with Crippen LogP contribution in [-0.4, -0.2) is 29.9 Å². The van der Waals surface area contributed by atoms with Gasteiger partial charge in [-0.15, -0.1) is 12.4 Å². The molecular weight excluding hydrogens is 355 g/mol. The Hall–Kier alpha value is -0.480. The number of amides is 1. The zero-order valence-electron chi connectivity index (χ0n) is 12.8. The van der Waals surface area contributed by atoms with Crippen LogP contribution in [0.5, 0.6) is 0 Å².